The molecule has 5 nitrogen and oxygen atoms in total. The molecule has 0 unspecified atom stereocenters. The molecule has 0 radical (unpaired) electrons. The predicted molar refractivity (Wildman–Crippen MR) is 76.2 cm³/mol. The van der Waals surface area contributed by atoms with E-state index in [4.69, 9.17) is 4.74 Å². The first-order valence-electron chi connectivity index (χ1n) is 5.77. The van der Waals surface area contributed by atoms with Crippen molar-refractivity contribution in [2.45, 2.75) is 6.54 Å². The number of methoxy groups -OCH3 is 1. The van der Waals surface area contributed by atoms with E-state index in [2.05, 4.69) is 26.2 Å². The first kappa shape index (κ1) is 13.8. The van der Waals surface area contributed by atoms with Gasteiger partial charge in [0.2, 0.25) is 0 Å². The SMILES string of the molecule is COCCn1cccc1C(=O)Nc1ccc(Br)cn1. The van der Waals surface area contributed by atoms with E-state index in [1.807, 2.05) is 22.9 Å². The van der Waals surface area contributed by atoms with Crippen LogP contribution in [-0.4, -0.2) is 29.2 Å². The van der Waals surface area contributed by atoms with Gasteiger partial charge in [-0.25, -0.2) is 4.98 Å². The van der Waals surface area contributed by atoms with E-state index < -0.39 is 0 Å². The Balaban J connectivity index is 2.07. The van der Waals surface area contributed by atoms with E-state index in [1.54, 1.807) is 25.4 Å². The number of rotatable bonds is 5. The molecule has 0 aliphatic heterocycles. The zero-order chi connectivity index (χ0) is 13.7. The Morgan fingerprint density at radius 3 is 3.00 bits per heavy atom. The first-order valence-corrected chi connectivity index (χ1v) is 6.57. The second kappa shape index (κ2) is 6.49. The lowest BCUT2D eigenvalue weighted by Crippen LogP contribution is -2.18. The summed E-state index contributed by atoms with van der Waals surface area (Å²) in [6, 6.07) is 7.17. The van der Waals surface area contributed by atoms with Crippen LogP contribution in [0.1, 0.15) is 10.5 Å². The number of halogens is 1. The maximum Gasteiger partial charge on any atom is 0.273 e. The molecule has 1 N–H and O–H groups in total. The van der Waals surface area contributed by atoms with Gasteiger partial charge in [-0.15, -0.1) is 0 Å². The van der Waals surface area contributed by atoms with Crippen LogP contribution in [0.2, 0.25) is 0 Å². The standard InChI is InChI=1S/C13H14BrN3O2/c1-19-8-7-17-6-2-3-11(17)13(18)16-12-5-4-10(14)9-15-12/h2-6,9H,7-8H2,1H3,(H,15,16,18). The second-order valence-corrected chi connectivity index (χ2v) is 4.81. The van der Waals surface area contributed by atoms with Crippen LogP contribution in [0.4, 0.5) is 5.82 Å². The first-order chi connectivity index (χ1) is 9.20. The van der Waals surface area contributed by atoms with Gasteiger partial charge in [0, 0.05) is 30.5 Å². The molecule has 0 fully saturated rings. The number of hydrogen-bond donors (Lipinski definition) is 1. The normalized spacial score (nSPS) is 10.4. The van der Waals surface area contributed by atoms with Gasteiger partial charge in [-0.2, -0.15) is 0 Å². The smallest absolute Gasteiger partial charge is 0.273 e. The van der Waals surface area contributed by atoms with Crippen LogP contribution in [0.5, 0.6) is 0 Å². The van der Waals surface area contributed by atoms with E-state index >= 15 is 0 Å². The Bertz CT molecular complexity index is 551. The summed E-state index contributed by atoms with van der Waals surface area (Å²) in [7, 11) is 1.63. The molecule has 2 aromatic rings. The Kier molecular flexibility index (Phi) is 4.70. The van der Waals surface area contributed by atoms with Crippen LogP contribution in [0.3, 0.4) is 0 Å². The Morgan fingerprint density at radius 1 is 1.47 bits per heavy atom. The number of hydrogen-bond acceptors (Lipinski definition) is 3. The summed E-state index contributed by atoms with van der Waals surface area (Å²) in [5, 5.41) is 2.76. The summed E-state index contributed by atoms with van der Waals surface area (Å²) in [5.41, 5.74) is 0.585. The highest BCUT2D eigenvalue weighted by Gasteiger charge is 2.11. The van der Waals surface area contributed by atoms with Crippen molar-refractivity contribution >= 4 is 27.7 Å². The molecule has 0 spiro atoms. The summed E-state index contributed by atoms with van der Waals surface area (Å²) in [6.07, 6.45) is 3.49. The minimum atomic E-state index is -0.184. The van der Waals surface area contributed by atoms with Gasteiger partial charge in [0.25, 0.3) is 5.91 Å². The molecule has 2 heterocycles. The van der Waals surface area contributed by atoms with E-state index in [1.165, 1.54) is 0 Å². The summed E-state index contributed by atoms with van der Waals surface area (Å²) in [6.45, 7) is 1.20. The topological polar surface area (TPSA) is 56.1 Å². The van der Waals surface area contributed by atoms with Crippen molar-refractivity contribution in [3.05, 3.63) is 46.8 Å². The van der Waals surface area contributed by atoms with E-state index in [9.17, 15) is 4.79 Å². The van der Waals surface area contributed by atoms with Gasteiger partial charge in [-0.05, 0) is 40.2 Å². The monoisotopic (exact) mass is 323 g/mol. The van der Waals surface area contributed by atoms with Gasteiger partial charge in [0.1, 0.15) is 11.5 Å². The average Bonchev–Trinajstić information content (AvgIpc) is 2.87. The largest absolute Gasteiger partial charge is 0.383 e. The van der Waals surface area contributed by atoms with Gasteiger partial charge in [-0.1, -0.05) is 0 Å². The highest BCUT2D eigenvalue weighted by atomic mass is 79.9. The minimum Gasteiger partial charge on any atom is -0.383 e. The highest BCUT2D eigenvalue weighted by molar-refractivity contribution is 9.10. The number of carbonyl (C=O) groups is 1. The fourth-order valence-electron chi connectivity index (χ4n) is 1.63. The van der Waals surface area contributed by atoms with Crippen molar-refractivity contribution < 1.29 is 9.53 Å². The average molecular weight is 324 g/mol. The van der Waals surface area contributed by atoms with Gasteiger partial charge < -0.3 is 14.6 Å². The molecule has 19 heavy (non-hydrogen) atoms. The van der Waals surface area contributed by atoms with Crippen molar-refractivity contribution in [1.29, 1.82) is 0 Å². The van der Waals surface area contributed by atoms with Crippen LogP contribution in [0.25, 0.3) is 0 Å². The predicted octanol–water partition coefficient (Wildman–Crippen LogP) is 2.54. The van der Waals surface area contributed by atoms with Crippen LogP contribution in [0, 0.1) is 0 Å². The van der Waals surface area contributed by atoms with Crippen LogP contribution in [-0.2, 0) is 11.3 Å². The third-order valence-electron chi connectivity index (χ3n) is 2.57. The van der Waals surface area contributed by atoms with Crippen molar-refractivity contribution in [2.24, 2.45) is 0 Å². The summed E-state index contributed by atoms with van der Waals surface area (Å²) in [5.74, 6) is 0.337. The zero-order valence-electron chi connectivity index (χ0n) is 10.5. The molecule has 0 aromatic carbocycles. The Hall–Kier alpha value is -1.66. The molecule has 1 amide bonds. The number of nitrogens with one attached hydrogen (secondary N) is 1. The molecule has 0 atom stereocenters. The zero-order valence-corrected chi connectivity index (χ0v) is 12.1. The number of ether oxygens (including phenoxy) is 1. The lowest BCUT2D eigenvalue weighted by atomic mass is 10.4. The number of amides is 1. The highest BCUT2D eigenvalue weighted by Crippen LogP contribution is 2.12. The molecule has 2 rings (SSSR count). The molecular formula is C13H14BrN3O2. The number of aromatic nitrogens is 2. The summed E-state index contributed by atoms with van der Waals surface area (Å²) in [4.78, 5) is 16.2. The van der Waals surface area contributed by atoms with Gasteiger partial charge in [0.05, 0.1) is 6.61 Å². The Morgan fingerprint density at radius 2 is 2.32 bits per heavy atom. The van der Waals surface area contributed by atoms with E-state index in [0.717, 1.165) is 4.47 Å². The maximum absolute atomic E-state index is 12.1. The third-order valence-corrected chi connectivity index (χ3v) is 3.04. The van der Waals surface area contributed by atoms with Crippen molar-refractivity contribution in [2.75, 3.05) is 19.0 Å². The maximum atomic E-state index is 12.1. The van der Waals surface area contributed by atoms with E-state index in [0.29, 0.717) is 24.7 Å². The summed E-state index contributed by atoms with van der Waals surface area (Å²) >= 11 is 3.30. The van der Waals surface area contributed by atoms with Gasteiger partial charge in [-0.3, -0.25) is 4.79 Å². The van der Waals surface area contributed by atoms with Crippen LogP contribution >= 0.6 is 15.9 Å². The quantitative estimate of drug-likeness (QED) is 0.920. The molecule has 0 saturated carbocycles. The second-order valence-electron chi connectivity index (χ2n) is 3.90. The van der Waals surface area contributed by atoms with Crippen molar-refractivity contribution in [3.8, 4) is 0 Å². The molecule has 0 aliphatic rings. The lowest BCUT2D eigenvalue weighted by Gasteiger charge is -2.08. The third kappa shape index (κ3) is 3.65. The number of anilines is 1. The summed E-state index contributed by atoms with van der Waals surface area (Å²) < 4.78 is 7.73. The fraction of sp³-hybridized carbons (Fsp3) is 0.231. The fourth-order valence-corrected chi connectivity index (χ4v) is 1.87. The minimum absolute atomic E-state index is 0.184. The number of carbonyl (C=O) groups excluding carboxylic acids is 1. The van der Waals surface area contributed by atoms with E-state index in [-0.39, 0.29) is 5.91 Å². The molecule has 0 bridgehead atoms. The molecular weight excluding hydrogens is 310 g/mol. The molecule has 100 valence electrons. The number of pyridine rings is 1. The van der Waals surface area contributed by atoms with Crippen LogP contribution < -0.4 is 5.32 Å². The molecule has 6 heteroatoms. The molecule has 0 saturated heterocycles. The lowest BCUT2D eigenvalue weighted by molar-refractivity contribution is 0.101. The van der Waals surface area contributed by atoms with Gasteiger partial charge in [0.15, 0.2) is 0 Å². The van der Waals surface area contributed by atoms with Crippen molar-refractivity contribution in [1.82, 2.24) is 9.55 Å². The van der Waals surface area contributed by atoms with Gasteiger partial charge >= 0.3 is 0 Å². The molecule has 2 aromatic heterocycles. The van der Waals surface area contributed by atoms with Crippen LogP contribution in [0.15, 0.2) is 41.1 Å². The Labute approximate surface area is 119 Å². The molecule has 0 aliphatic carbocycles. The number of nitrogens with zero attached hydrogens (tertiary/aromatic N) is 2. The van der Waals surface area contributed by atoms with Crippen molar-refractivity contribution in [3.63, 3.8) is 0 Å².